The fourth-order valence-electron chi connectivity index (χ4n) is 4.19. The Morgan fingerprint density at radius 3 is 2.28 bits per heavy atom. The van der Waals surface area contributed by atoms with Gasteiger partial charge < -0.3 is 14.6 Å². The van der Waals surface area contributed by atoms with Crippen LogP contribution in [0.5, 0.6) is 5.75 Å². The highest BCUT2D eigenvalue weighted by Gasteiger charge is 2.58. The van der Waals surface area contributed by atoms with Gasteiger partial charge in [0.05, 0.1) is 0 Å². The van der Waals surface area contributed by atoms with E-state index in [4.69, 9.17) is 9.47 Å². The Bertz CT molecular complexity index is 964. The number of ether oxygens (including phenoxy) is 2. The number of carboxylic acid groups (broad SMARTS) is 1. The van der Waals surface area contributed by atoms with Crippen molar-refractivity contribution in [1.29, 1.82) is 0 Å². The minimum absolute atomic E-state index is 0.264. The number of esters is 1. The molecule has 0 aliphatic carbocycles. The van der Waals surface area contributed by atoms with E-state index in [9.17, 15) is 19.5 Å². The highest BCUT2D eigenvalue weighted by molar-refractivity contribution is 5.98. The molecule has 7 heteroatoms. The summed E-state index contributed by atoms with van der Waals surface area (Å²) in [5.41, 5.74) is -0.570. The summed E-state index contributed by atoms with van der Waals surface area (Å²) < 4.78 is 11.1. The minimum atomic E-state index is -1.31. The molecular formula is C25H29NO6. The van der Waals surface area contributed by atoms with Crippen molar-refractivity contribution >= 4 is 17.8 Å². The van der Waals surface area contributed by atoms with Crippen LogP contribution in [0.4, 0.5) is 4.79 Å². The van der Waals surface area contributed by atoms with Gasteiger partial charge in [0, 0.05) is 12.1 Å². The Balaban J connectivity index is 1.62. The van der Waals surface area contributed by atoms with Gasteiger partial charge in [0.15, 0.2) is 12.4 Å². The lowest BCUT2D eigenvalue weighted by Crippen LogP contribution is -2.61. The van der Waals surface area contributed by atoms with Crippen molar-refractivity contribution in [1.82, 2.24) is 4.90 Å². The quantitative estimate of drug-likeness (QED) is 0.503. The molecule has 2 aromatic carbocycles. The van der Waals surface area contributed by atoms with Gasteiger partial charge in [-0.3, -0.25) is 9.69 Å². The summed E-state index contributed by atoms with van der Waals surface area (Å²) in [6.07, 6.45) is -0.229. The van der Waals surface area contributed by atoms with Crippen LogP contribution in [-0.4, -0.2) is 46.5 Å². The molecule has 0 unspecified atom stereocenters. The predicted octanol–water partition coefficient (Wildman–Crippen LogP) is 4.55. The summed E-state index contributed by atoms with van der Waals surface area (Å²) in [4.78, 5) is 38.5. The molecular weight excluding hydrogens is 410 g/mol. The van der Waals surface area contributed by atoms with Gasteiger partial charge in [-0.05, 0) is 48.1 Å². The number of nitrogens with zero attached hydrogens (tertiary/aromatic N) is 1. The number of amides is 1. The fraction of sp³-hybridized carbons (Fsp3) is 0.400. The number of hydrogen-bond donors (Lipinski definition) is 1. The van der Waals surface area contributed by atoms with E-state index in [0.29, 0.717) is 30.8 Å². The number of carbonyl (C=O) groups is 3. The van der Waals surface area contributed by atoms with Crippen molar-refractivity contribution in [3.05, 3.63) is 65.7 Å². The molecule has 1 atom stereocenters. The number of Topliss-reactive ketones (excluding diaryl/α,β-unsaturated/α-hetero) is 1. The normalized spacial score (nSPS) is 18.3. The molecule has 1 aliphatic rings. The largest absolute Gasteiger partial charge is 0.489 e. The maximum Gasteiger partial charge on any atom is 0.408 e. The highest BCUT2D eigenvalue weighted by atomic mass is 16.5. The Kier molecular flexibility index (Phi) is 6.87. The zero-order valence-electron chi connectivity index (χ0n) is 18.7. The number of likely N-dealkylation sites (tertiary alicyclic amines) is 1. The molecule has 7 nitrogen and oxygen atoms in total. The van der Waals surface area contributed by atoms with Gasteiger partial charge in [0.1, 0.15) is 17.9 Å². The van der Waals surface area contributed by atoms with Gasteiger partial charge in [-0.25, -0.2) is 9.59 Å². The van der Waals surface area contributed by atoms with E-state index in [1.807, 2.05) is 51.1 Å². The van der Waals surface area contributed by atoms with Crippen LogP contribution >= 0.6 is 0 Å². The van der Waals surface area contributed by atoms with Gasteiger partial charge in [-0.15, -0.1) is 0 Å². The molecule has 1 aliphatic heterocycles. The van der Waals surface area contributed by atoms with Gasteiger partial charge in [0.25, 0.3) is 0 Å². The van der Waals surface area contributed by atoms with Crippen LogP contribution in [0.1, 0.15) is 49.5 Å². The van der Waals surface area contributed by atoms with Gasteiger partial charge >= 0.3 is 12.1 Å². The minimum Gasteiger partial charge on any atom is -0.489 e. The summed E-state index contributed by atoms with van der Waals surface area (Å²) in [5.74, 6) is -0.421. The Morgan fingerprint density at radius 1 is 1.03 bits per heavy atom. The monoisotopic (exact) mass is 439 g/mol. The van der Waals surface area contributed by atoms with Crippen LogP contribution < -0.4 is 4.74 Å². The van der Waals surface area contributed by atoms with Crippen LogP contribution in [0, 0.1) is 5.41 Å². The summed E-state index contributed by atoms with van der Waals surface area (Å²) >= 11 is 0. The summed E-state index contributed by atoms with van der Waals surface area (Å²) in [6, 6.07) is 16.4. The Labute approximate surface area is 187 Å². The van der Waals surface area contributed by atoms with E-state index in [1.54, 1.807) is 24.3 Å². The first-order valence-corrected chi connectivity index (χ1v) is 10.6. The average Bonchev–Trinajstić information content (AvgIpc) is 3.24. The van der Waals surface area contributed by atoms with E-state index >= 15 is 0 Å². The zero-order valence-corrected chi connectivity index (χ0v) is 18.7. The molecule has 2 aromatic rings. The average molecular weight is 440 g/mol. The summed E-state index contributed by atoms with van der Waals surface area (Å²) in [6.45, 7) is 5.66. The van der Waals surface area contributed by atoms with Crippen molar-refractivity contribution in [3.63, 3.8) is 0 Å². The van der Waals surface area contributed by atoms with Crippen molar-refractivity contribution in [2.24, 2.45) is 5.41 Å². The molecule has 1 heterocycles. The van der Waals surface area contributed by atoms with Crippen LogP contribution in [-0.2, 0) is 16.1 Å². The maximum absolute atomic E-state index is 13.0. The van der Waals surface area contributed by atoms with Crippen LogP contribution in [0.2, 0.25) is 0 Å². The first-order chi connectivity index (χ1) is 15.1. The summed E-state index contributed by atoms with van der Waals surface area (Å²) in [7, 11) is 0. The second-order valence-electron chi connectivity index (χ2n) is 8.95. The lowest BCUT2D eigenvalue weighted by molar-refractivity contribution is -0.161. The molecule has 0 spiro atoms. The van der Waals surface area contributed by atoms with E-state index in [2.05, 4.69) is 0 Å². The third kappa shape index (κ3) is 4.77. The number of hydrogen-bond acceptors (Lipinski definition) is 5. The molecule has 32 heavy (non-hydrogen) atoms. The molecule has 0 aromatic heterocycles. The van der Waals surface area contributed by atoms with Crippen LogP contribution in [0.25, 0.3) is 0 Å². The van der Waals surface area contributed by atoms with Crippen molar-refractivity contribution in [2.45, 2.75) is 45.8 Å². The number of rotatable bonds is 7. The van der Waals surface area contributed by atoms with Gasteiger partial charge in [-0.1, -0.05) is 51.1 Å². The lowest BCUT2D eigenvalue weighted by Gasteiger charge is -2.44. The van der Waals surface area contributed by atoms with E-state index in [0.717, 1.165) is 10.5 Å². The molecule has 1 amide bonds. The molecule has 1 fully saturated rings. The SMILES string of the molecule is CC(C)(C)[C@]1(C(=O)OCC(=O)c2ccc(OCc3ccccc3)cc2)CCCN1C(=O)O. The first-order valence-electron chi connectivity index (χ1n) is 10.6. The van der Waals surface area contributed by atoms with Crippen molar-refractivity contribution in [2.75, 3.05) is 13.2 Å². The molecule has 0 saturated carbocycles. The smallest absolute Gasteiger partial charge is 0.408 e. The van der Waals surface area contributed by atoms with E-state index in [1.165, 1.54) is 0 Å². The number of ketones is 1. The number of carbonyl (C=O) groups excluding carboxylic acids is 2. The maximum atomic E-state index is 13.0. The molecule has 0 radical (unpaired) electrons. The second kappa shape index (κ2) is 9.42. The fourth-order valence-corrected chi connectivity index (χ4v) is 4.19. The van der Waals surface area contributed by atoms with Gasteiger partial charge in [0.2, 0.25) is 0 Å². The molecule has 3 rings (SSSR count). The second-order valence-corrected chi connectivity index (χ2v) is 8.95. The standard InChI is InChI=1S/C25H29NO6/c1-24(2,3)25(14-7-15-26(25)23(29)30)22(28)32-17-21(27)19-10-12-20(13-11-19)31-16-18-8-5-4-6-9-18/h4-6,8-13H,7,14-17H2,1-3H3,(H,29,30)/t25-/m1/s1. The zero-order chi connectivity index (χ0) is 23.4. The molecule has 0 bridgehead atoms. The molecule has 1 saturated heterocycles. The third-order valence-electron chi connectivity index (χ3n) is 5.95. The van der Waals surface area contributed by atoms with Crippen LogP contribution in [0.3, 0.4) is 0 Å². The Hall–Kier alpha value is -3.35. The van der Waals surface area contributed by atoms with Crippen molar-refractivity contribution < 1.29 is 29.0 Å². The molecule has 170 valence electrons. The lowest BCUT2D eigenvalue weighted by atomic mass is 9.71. The topological polar surface area (TPSA) is 93.1 Å². The summed E-state index contributed by atoms with van der Waals surface area (Å²) in [5, 5.41) is 9.60. The Morgan fingerprint density at radius 2 is 1.69 bits per heavy atom. The van der Waals surface area contributed by atoms with Gasteiger partial charge in [-0.2, -0.15) is 0 Å². The third-order valence-corrected chi connectivity index (χ3v) is 5.95. The highest BCUT2D eigenvalue weighted by Crippen LogP contribution is 2.44. The predicted molar refractivity (Wildman–Crippen MR) is 119 cm³/mol. The molecule has 1 N–H and O–H groups in total. The van der Waals surface area contributed by atoms with Crippen LogP contribution in [0.15, 0.2) is 54.6 Å². The van der Waals surface area contributed by atoms with E-state index in [-0.39, 0.29) is 12.3 Å². The first kappa shape index (κ1) is 23.3. The number of benzene rings is 2. The van der Waals surface area contributed by atoms with Crippen molar-refractivity contribution in [3.8, 4) is 5.75 Å². The van der Waals surface area contributed by atoms with E-state index < -0.39 is 29.6 Å².